The van der Waals surface area contributed by atoms with E-state index < -0.39 is 15.7 Å². The summed E-state index contributed by atoms with van der Waals surface area (Å²) < 4.78 is 30.8. The summed E-state index contributed by atoms with van der Waals surface area (Å²) in [5.74, 6) is 2.24. The SMILES string of the molecule is CCC1(COS(=O)(=O)c2ccc(C)cc2)CCC(O)(C2SCCCS2)CC1. The lowest BCUT2D eigenvalue weighted by atomic mass is 9.68. The van der Waals surface area contributed by atoms with Gasteiger partial charge in [0.05, 0.1) is 21.7 Å². The Balaban J connectivity index is 1.62. The largest absolute Gasteiger partial charge is 0.388 e. The molecule has 1 saturated carbocycles. The maximum Gasteiger partial charge on any atom is 0.296 e. The van der Waals surface area contributed by atoms with Crippen LogP contribution < -0.4 is 0 Å². The average Bonchev–Trinajstić information content (AvgIpc) is 2.69. The van der Waals surface area contributed by atoms with Gasteiger partial charge in [-0.05, 0) is 74.5 Å². The Morgan fingerprint density at radius 1 is 1.11 bits per heavy atom. The van der Waals surface area contributed by atoms with Crippen LogP contribution in [-0.4, -0.2) is 41.8 Å². The first kappa shape index (κ1) is 21.5. The third kappa shape index (κ3) is 5.04. The van der Waals surface area contributed by atoms with Crippen molar-refractivity contribution in [3.05, 3.63) is 29.8 Å². The maximum absolute atomic E-state index is 12.5. The molecule has 4 nitrogen and oxygen atoms in total. The second-order valence-corrected chi connectivity index (χ2v) is 12.3. The highest BCUT2D eigenvalue weighted by molar-refractivity contribution is 8.17. The molecule has 1 aliphatic carbocycles. The van der Waals surface area contributed by atoms with Crippen molar-refractivity contribution in [1.29, 1.82) is 0 Å². The van der Waals surface area contributed by atoms with Crippen molar-refractivity contribution in [2.75, 3.05) is 18.1 Å². The summed E-state index contributed by atoms with van der Waals surface area (Å²) in [5, 5.41) is 11.2. The van der Waals surface area contributed by atoms with Crippen molar-refractivity contribution in [2.24, 2.45) is 5.41 Å². The van der Waals surface area contributed by atoms with Gasteiger partial charge in [-0.25, -0.2) is 0 Å². The molecule has 0 radical (unpaired) electrons. The molecule has 0 bridgehead atoms. The van der Waals surface area contributed by atoms with Gasteiger partial charge in [0.1, 0.15) is 0 Å². The average molecular weight is 431 g/mol. The molecule has 1 aliphatic heterocycles. The van der Waals surface area contributed by atoms with E-state index in [1.54, 1.807) is 24.3 Å². The summed E-state index contributed by atoms with van der Waals surface area (Å²) in [4.78, 5) is 0.210. The van der Waals surface area contributed by atoms with Crippen molar-refractivity contribution in [3.8, 4) is 0 Å². The zero-order valence-corrected chi connectivity index (χ0v) is 18.6. The fourth-order valence-electron chi connectivity index (χ4n) is 3.82. The first-order chi connectivity index (χ1) is 12.8. The second kappa shape index (κ2) is 8.66. The lowest BCUT2D eigenvalue weighted by Crippen LogP contribution is -2.47. The Morgan fingerprint density at radius 2 is 1.70 bits per heavy atom. The molecule has 3 rings (SSSR count). The van der Waals surface area contributed by atoms with Gasteiger partial charge in [-0.2, -0.15) is 8.42 Å². The molecule has 1 aromatic carbocycles. The first-order valence-electron chi connectivity index (χ1n) is 9.70. The third-order valence-electron chi connectivity index (χ3n) is 6.02. The molecule has 1 saturated heterocycles. The van der Waals surface area contributed by atoms with Crippen LogP contribution in [0.15, 0.2) is 29.2 Å². The zero-order chi connectivity index (χ0) is 19.5. The Bertz CT molecular complexity index is 716. The molecule has 1 aromatic rings. The molecule has 0 amide bonds. The van der Waals surface area contributed by atoms with E-state index in [2.05, 4.69) is 6.92 Å². The summed E-state index contributed by atoms with van der Waals surface area (Å²) >= 11 is 3.76. The standard InChI is InChI=1S/C20H30O4S3/c1-3-19(15-24-27(22,23)17-7-5-16(2)6-8-17)9-11-20(21,12-10-19)18-25-13-4-14-26-18/h5-8,18,21H,3-4,9-15H2,1-2H3. The molecule has 1 N–H and O–H groups in total. The molecular formula is C20H30O4S3. The van der Waals surface area contributed by atoms with Crippen molar-refractivity contribution < 1.29 is 17.7 Å². The fraction of sp³-hybridized carbons (Fsp3) is 0.700. The van der Waals surface area contributed by atoms with E-state index >= 15 is 0 Å². The number of hydrogen-bond acceptors (Lipinski definition) is 6. The van der Waals surface area contributed by atoms with E-state index in [4.69, 9.17) is 4.18 Å². The molecule has 2 fully saturated rings. The quantitative estimate of drug-likeness (QED) is 0.666. The first-order valence-corrected chi connectivity index (χ1v) is 13.2. The minimum Gasteiger partial charge on any atom is -0.388 e. The minimum absolute atomic E-state index is 0.173. The summed E-state index contributed by atoms with van der Waals surface area (Å²) in [7, 11) is -3.74. The number of rotatable bonds is 6. The van der Waals surface area contributed by atoms with Crippen LogP contribution in [0.1, 0.15) is 51.0 Å². The van der Waals surface area contributed by atoms with E-state index in [-0.39, 0.29) is 21.5 Å². The van der Waals surface area contributed by atoms with Crippen molar-refractivity contribution in [1.82, 2.24) is 0 Å². The molecule has 27 heavy (non-hydrogen) atoms. The number of hydrogen-bond donors (Lipinski definition) is 1. The van der Waals surface area contributed by atoms with E-state index in [1.165, 1.54) is 6.42 Å². The van der Waals surface area contributed by atoms with Crippen LogP contribution in [0, 0.1) is 12.3 Å². The van der Waals surface area contributed by atoms with Gasteiger partial charge in [0.25, 0.3) is 10.1 Å². The normalized spacial score (nSPS) is 30.3. The lowest BCUT2D eigenvalue weighted by Gasteiger charge is -2.47. The van der Waals surface area contributed by atoms with Gasteiger partial charge in [0.15, 0.2) is 0 Å². The predicted octanol–water partition coefficient (Wildman–Crippen LogP) is 4.60. The molecule has 0 aromatic heterocycles. The smallest absolute Gasteiger partial charge is 0.296 e. The van der Waals surface area contributed by atoms with Crippen LogP contribution >= 0.6 is 23.5 Å². The number of thioether (sulfide) groups is 2. The highest BCUT2D eigenvalue weighted by atomic mass is 32.2. The summed E-state index contributed by atoms with van der Waals surface area (Å²) in [6.45, 7) is 4.21. The number of benzene rings is 1. The van der Waals surface area contributed by atoms with Crippen LogP contribution in [0.4, 0.5) is 0 Å². The van der Waals surface area contributed by atoms with Gasteiger partial charge in [0, 0.05) is 0 Å². The molecule has 7 heteroatoms. The van der Waals surface area contributed by atoms with Gasteiger partial charge in [-0.3, -0.25) is 4.18 Å². The van der Waals surface area contributed by atoms with E-state index in [9.17, 15) is 13.5 Å². The van der Waals surface area contributed by atoms with Crippen LogP contribution in [-0.2, 0) is 14.3 Å². The summed E-state index contributed by atoms with van der Waals surface area (Å²) in [6.07, 6.45) is 5.13. The minimum atomic E-state index is -3.74. The topological polar surface area (TPSA) is 63.6 Å². The van der Waals surface area contributed by atoms with Crippen LogP contribution in [0.25, 0.3) is 0 Å². The Hall–Kier alpha value is -0.210. The Labute approximate surface area is 172 Å². The molecule has 1 heterocycles. The highest BCUT2D eigenvalue weighted by Gasteiger charge is 2.46. The second-order valence-electron chi connectivity index (χ2n) is 7.91. The Morgan fingerprint density at radius 3 is 2.26 bits per heavy atom. The van der Waals surface area contributed by atoms with Gasteiger partial charge in [0.2, 0.25) is 0 Å². The summed E-state index contributed by atoms with van der Waals surface area (Å²) in [6, 6.07) is 6.76. The zero-order valence-electron chi connectivity index (χ0n) is 16.1. The molecule has 2 aliphatic rings. The fourth-order valence-corrected chi connectivity index (χ4v) is 8.12. The highest BCUT2D eigenvalue weighted by Crippen LogP contribution is 2.50. The van der Waals surface area contributed by atoms with Gasteiger partial charge in [-0.15, -0.1) is 23.5 Å². The van der Waals surface area contributed by atoms with Crippen LogP contribution in [0.5, 0.6) is 0 Å². The van der Waals surface area contributed by atoms with Crippen molar-refractivity contribution in [3.63, 3.8) is 0 Å². The predicted molar refractivity (Wildman–Crippen MR) is 114 cm³/mol. The molecule has 0 unspecified atom stereocenters. The number of aryl methyl sites for hydroxylation is 1. The van der Waals surface area contributed by atoms with Crippen LogP contribution in [0.2, 0.25) is 0 Å². The van der Waals surface area contributed by atoms with E-state index in [0.717, 1.165) is 49.2 Å². The summed E-state index contributed by atoms with van der Waals surface area (Å²) in [5.41, 5.74) is 0.210. The van der Waals surface area contributed by atoms with Crippen molar-refractivity contribution in [2.45, 2.75) is 67.5 Å². The molecular weight excluding hydrogens is 400 g/mol. The van der Waals surface area contributed by atoms with Gasteiger partial charge >= 0.3 is 0 Å². The maximum atomic E-state index is 12.5. The number of aliphatic hydroxyl groups is 1. The molecule has 152 valence electrons. The Kier molecular flexibility index (Phi) is 6.89. The third-order valence-corrected chi connectivity index (χ3v) is 10.6. The van der Waals surface area contributed by atoms with Gasteiger partial charge in [-0.1, -0.05) is 24.6 Å². The molecule has 0 atom stereocenters. The van der Waals surface area contributed by atoms with E-state index in [1.807, 2.05) is 30.4 Å². The van der Waals surface area contributed by atoms with E-state index in [0.29, 0.717) is 0 Å². The monoisotopic (exact) mass is 430 g/mol. The molecule has 0 spiro atoms. The van der Waals surface area contributed by atoms with Crippen molar-refractivity contribution >= 4 is 33.6 Å². The van der Waals surface area contributed by atoms with Crippen LogP contribution in [0.3, 0.4) is 0 Å². The lowest BCUT2D eigenvalue weighted by molar-refractivity contribution is -0.0354. The van der Waals surface area contributed by atoms with Gasteiger partial charge < -0.3 is 5.11 Å².